The van der Waals surface area contributed by atoms with Crippen molar-refractivity contribution in [3.05, 3.63) is 29.8 Å². The van der Waals surface area contributed by atoms with E-state index in [2.05, 4.69) is 0 Å². The van der Waals surface area contributed by atoms with Gasteiger partial charge in [0.1, 0.15) is 10.1 Å². The van der Waals surface area contributed by atoms with Gasteiger partial charge in [-0.3, -0.25) is 0 Å². The molecular weight excluding hydrogens is 253 g/mol. The van der Waals surface area contributed by atoms with E-state index in [9.17, 15) is 18.1 Å². The minimum absolute atomic E-state index is 0. The van der Waals surface area contributed by atoms with Crippen LogP contribution in [0.25, 0.3) is 0 Å². The molecule has 0 aliphatic rings. The Kier molecular flexibility index (Phi) is 5.65. The largest absolute Gasteiger partial charge is 1.00 e. The van der Waals surface area contributed by atoms with Crippen molar-refractivity contribution in [3.63, 3.8) is 0 Å². The zero-order valence-electron chi connectivity index (χ0n) is 10.3. The third-order valence-corrected chi connectivity index (χ3v) is 3.62. The van der Waals surface area contributed by atoms with Gasteiger partial charge in [0.05, 0.1) is 0 Å². The van der Waals surface area contributed by atoms with Gasteiger partial charge in [0.2, 0.25) is 0 Å². The van der Waals surface area contributed by atoms with E-state index in [1.165, 1.54) is 12.1 Å². The van der Waals surface area contributed by atoms with Crippen LogP contribution in [0.3, 0.4) is 0 Å². The maximum atomic E-state index is 10.9. The summed E-state index contributed by atoms with van der Waals surface area (Å²) in [7, 11) is -1.13. The number of nitrogens with zero attached hydrogens (tertiary/aromatic N) is 1. The summed E-state index contributed by atoms with van der Waals surface area (Å²) in [4.78, 5) is -0.567. The second kappa shape index (κ2) is 5.69. The Hall–Kier alpha value is -0.110. The molecule has 0 saturated heterocycles. The van der Waals surface area contributed by atoms with Crippen molar-refractivity contribution < 1.29 is 47.6 Å². The number of aliphatic hydroxyl groups is 1. The van der Waals surface area contributed by atoms with E-state index in [4.69, 9.17) is 0 Å². The average Bonchev–Trinajstić information content (AvgIpc) is 2.16. The van der Waals surface area contributed by atoms with Crippen LogP contribution in [0.2, 0.25) is 0 Å². The first-order valence-electron chi connectivity index (χ1n) is 4.62. The number of benzene rings is 1. The standard InChI is InChI=1S/C10H15NO4S.Na/c1-10(12,16(13,14)15)8-4-6-9(7-5-8)11(2)3;/h4-7,12H,1-3H3,(H,13,14,15);/q;+1/p-1. The van der Waals surface area contributed by atoms with E-state index in [0.717, 1.165) is 12.6 Å². The van der Waals surface area contributed by atoms with E-state index in [-0.39, 0.29) is 35.1 Å². The van der Waals surface area contributed by atoms with Crippen LogP contribution >= 0.6 is 0 Å². The van der Waals surface area contributed by atoms with Gasteiger partial charge in [-0.2, -0.15) is 0 Å². The van der Waals surface area contributed by atoms with E-state index >= 15 is 0 Å². The van der Waals surface area contributed by atoms with Crippen LogP contribution in [0.1, 0.15) is 12.5 Å². The maximum absolute atomic E-state index is 10.9. The normalized spacial score (nSPS) is 14.6. The SMILES string of the molecule is CN(C)c1ccc(C(C)(O)S(=O)(=O)[O-])cc1.[Na+]. The second-order valence-electron chi connectivity index (χ2n) is 3.88. The monoisotopic (exact) mass is 267 g/mol. The predicted octanol–water partition coefficient (Wildman–Crippen LogP) is -2.53. The smallest absolute Gasteiger partial charge is 0.745 e. The molecule has 1 atom stereocenters. The van der Waals surface area contributed by atoms with Gasteiger partial charge < -0.3 is 14.6 Å². The third kappa shape index (κ3) is 3.67. The summed E-state index contributed by atoms with van der Waals surface area (Å²) in [6.45, 7) is 0.972. The molecule has 0 fully saturated rings. The van der Waals surface area contributed by atoms with Crippen molar-refractivity contribution in [1.29, 1.82) is 0 Å². The van der Waals surface area contributed by atoms with Gasteiger partial charge in [0, 0.05) is 19.8 Å². The molecule has 1 N–H and O–H groups in total. The molecule has 0 bridgehead atoms. The molecule has 0 spiro atoms. The molecule has 17 heavy (non-hydrogen) atoms. The molecule has 0 amide bonds. The molecule has 0 aliphatic carbocycles. The van der Waals surface area contributed by atoms with Crippen molar-refractivity contribution in [1.82, 2.24) is 0 Å². The minimum Gasteiger partial charge on any atom is -0.745 e. The van der Waals surface area contributed by atoms with Crippen molar-refractivity contribution in [3.8, 4) is 0 Å². The van der Waals surface area contributed by atoms with E-state index in [0.29, 0.717) is 0 Å². The molecule has 7 heteroatoms. The fourth-order valence-corrected chi connectivity index (χ4v) is 1.64. The molecule has 0 heterocycles. The molecule has 0 aromatic heterocycles. The Bertz CT molecular complexity index is 468. The number of anilines is 1. The van der Waals surface area contributed by atoms with E-state index in [1.807, 2.05) is 19.0 Å². The Morgan fingerprint density at radius 3 is 1.94 bits per heavy atom. The number of hydrogen-bond donors (Lipinski definition) is 1. The first-order valence-corrected chi connectivity index (χ1v) is 6.03. The van der Waals surface area contributed by atoms with Gasteiger partial charge in [-0.05, 0) is 24.6 Å². The Morgan fingerprint density at radius 2 is 1.65 bits per heavy atom. The van der Waals surface area contributed by atoms with Crippen molar-refractivity contribution in [2.24, 2.45) is 0 Å². The summed E-state index contributed by atoms with van der Waals surface area (Å²) in [5.41, 5.74) is 0.913. The molecule has 90 valence electrons. The summed E-state index contributed by atoms with van der Waals surface area (Å²) < 4.78 is 32.6. The summed E-state index contributed by atoms with van der Waals surface area (Å²) >= 11 is 0. The summed E-state index contributed by atoms with van der Waals surface area (Å²) in [6, 6.07) is 6.11. The molecule has 0 saturated carbocycles. The molecule has 1 rings (SSSR count). The van der Waals surface area contributed by atoms with Crippen molar-refractivity contribution >= 4 is 15.8 Å². The van der Waals surface area contributed by atoms with Crippen LogP contribution in [0.5, 0.6) is 0 Å². The van der Waals surface area contributed by atoms with Gasteiger partial charge in [-0.1, -0.05) is 12.1 Å². The third-order valence-electron chi connectivity index (χ3n) is 2.41. The van der Waals surface area contributed by atoms with Gasteiger partial charge in [-0.15, -0.1) is 0 Å². The van der Waals surface area contributed by atoms with Gasteiger partial charge in [0.25, 0.3) is 0 Å². The van der Waals surface area contributed by atoms with Crippen molar-refractivity contribution in [2.75, 3.05) is 19.0 Å². The predicted molar refractivity (Wildman–Crippen MR) is 60.0 cm³/mol. The molecule has 0 radical (unpaired) electrons. The maximum Gasteiger partial charge on any atom is 1.00 e. The topological polar surface area (TPSA) is 80.7 Å². The molecule has 1 aromatic rings. The van der Waals surface area contributed by atoms with Crippen LogP contribution in [0, 0.1) is 0 Å². The van der Waals surface area contributed by atoms with Crippen LogP contribution in [-0.2, 0) is 15.1 Å². The summed E-state index contributed by atoms with van der Waals surface area (Å²) in [5, 5.41) is 9.64. The summed E-state index contributed by atoms with van der Waals surface area (Å²) in [6.07, 6.45) is 0. The average molecular weight is 267 g/mol. The van der Waals surface area contributed by atoms with Crippen LogP contribution in [0.4, 0.5) is 5.69 Å². The zero-order valence-corrected chi connectivity index (χ0v) is 13.2. The Balaban J connectivity index is 0.00000256. The second-order valence-corrected chi connectivity index (χ2v) is 5.58. The Morgan fingerprint density at radius 1 is 1.24 bits per heavy atom. The first-order chi connectivity index (χ1) is 7.16. The van der Waals surface area contributed by atoms with E-state index in [1.54, 1.807) is 12.1 Å². The fourth-order valence-electron chi connectivity index (χ4n) is 1.21. The number of hydrogen-bond acceptors (Lipinski definition) is 5. The fraction of sp³-hybridized carbons (Fsp3) is 0.400. The summed E-state index contributed by atoms with van der Waals surface area (Å²) in [5.74, 6) is 0. The van der Waals surface area contributed by atoms with Crippen LogP contribution in [0.15, 0.2) is 24.3 Å². The van der Waals surface area contributed by atoms with Gasteiger partial charge in [0.15, 0.2) is 4.93 Å². The molecular formula is C10H14NNaO4S. The molecule has 0 aliphatic heterocycles. The first kappa shape index (κ1) is 16.9. The van der Waals surface area contributed by atoms with Crippen molar-refractivity contribution in [2.45, 2.75) is 11.9 Å². The minimum atomic E-state index is -4.80. The quantitative estimate of drug-likeness (QED) is 0.482. The van der Waals surface area contributed by atoms with Gasteiger partial charge in [-0.25, -0.2) is 8.42 Å². The Labute approximate surface area is 123 Å². The van der Waals surface area contributed by atoms with Crippen LogP contribution in [-0.4, -0.2) is 32.2 Å². The van der Waals surface area contributed by atoms with E-state index < -0.39 is 15.1 Å². The molecule has 5 nitrogen and oxygen atoms in total. The molecule has 1 unspecified atom stereocenters. The zero-order chi connectivity index (χ0) is 12.6. The molecule has 1 aromatic carbocycles. The van der Waals surface area contributed by atoms with Gasteiger partial charge >= 0.3 is 29.6 Å². The van der Waals surface area contributed by atoms with Crippen LogP contribution < -0.4 is 34.5 Å². The number of rotatable bonds is 3.